The summed E-state index contributed by atoms with van der Waals surface area (Å²) < 4.78 is 28.9. The Balaban J connectivity index is 2.54. The molecular weight excluding hydrogens is 262 g/mol. The van der Waals surface area contributed by atoms with E-state index in [4.69, 9.17) is 4.74 Å². The van der Waals surface area contributed by atoms with Gasteiger partial charge in [-0.05, 0) is 32.1 Å². The van der Waals surface area contributed by atoms with Crippen LogP contribution in [0.3, 0.4) is 0 Å². The fraction of sp³-hybridized carbons (Fsp3) is 1.00. The molecule has 0 aromatic heterocycles. The minimum atomic E-state index is -2.90. The Hall–Kier alpha value is -0.130. The molecule has 1 aliphatic carbocycles. The molecule has 1 saturated carbocycles. The molecule has 0 heterocycles. The van der Waals surface area contributed by atoms with Gasteiger partial charge in [0.15, 0.2) is 0 Å². The lowest BCUT2D eigenvalue weighted by Crippen LogP contribution is -2.47. The molecule has 3 atom stereocenters. The molecule has 5 heteroatoms. The van der Waals surface area contributed by atoms with Crippen molar-refractivity contribution in [1.29, 1.82) is 0 Å². The summed E-state index contributed by atoms with van der Waals surface area (Å²) in [5, 5.41) is 3.43. The molecule has 0 aliphatic heterocycles. The van der Waals surface area contributed by atoms with E-state index in [-0.39, 0.29) is 5.25 Å². The Morgan fingerprint density at radius 1 is 1.32 bits per heavy atom. The van der Waals surface area contributed by atoms with Gasteiger partial charge in [-0.1, -0.05) is 20.3 Å². The van der Waals surface area contributed by atoms with Crippen LogP contribution in [0.2, 0.25) is 0 Å². The molecule has 0 saturated heterocycles. The summed E-state index contributed by atoms with van der Waals surface area (Å²) in [6.45, 7) is 7.77. The molecule has 1 fully saturated rings. The predicted octanol–water partition coefficient (Wildman–Crippen LogP) is 1.99. The molecule has 0 radical (unpaired) electrons. The van der Waals surface area contributed by atoms with Gasteiger partial charge in [-0.15, -0.1) is 0 Å². The quantitative estimate of drug-likeness (QED) is 0.779. The Labute approximate surface area is 118 Å². The summed E-state index contributed by atoms with van der Waals surface area (Å²) >= 11 is 0. The second kappa shape index (κ2) is 7.60. The van der Waals surface area contributed by atoms with Crippen LogP contribution in [0.25, 0.3) is 0 Å². The molecule has 0 aromatic rings. The van der Waals surface area contributed by atoms with Crippen LogP contribution in [0.15, 0.2) is 0 Å². The van der Waals surface area contributed by atoms with Crippen LogP contribution in [0.5, 0.6) is 0 Å². The van der Waals surface area contributed by atoms with Crippen LogP contribution in [0.1, 0.15) is 46.5 Å². The Morgan fingerprint density at radius 3 is 2.53 bits per heavy atom. The summed E-state index contributed by atoms with van der Waals surface area (Å²) in [5.41, 5.74) is 0. The molecule has 0 aromatic carbocycles. The minimum absolute atomic E-state index is 0.168. The molecule has 3 unspecified atom stereocenters. The summed E-state index contributed by atoms with van der Waals surface area (Å²) in [5.74, 6) is 0.491. The van der Waals surface area contributed by atoms with Gasteiger partial charge in [-0.25, -0.2) is 8.42 Å². The largest absolute Gasteiger partial charge is 0.380 e. The van der Waals surface area contributed by atoms with Gasteiger partial charge < -0.3 is 10.1 Å². The molecule has 1 aliphatic rings. The molecule has 1 N–H and O–H groups in total. The lowest BCUT2D eigenvalue weighted by atomic mass is 9.93. The molecule has 19 heavy (non-hydrogen) atoms. The van der Waals surface area contributed by atoms with E-state index in [1.807, 2.05) is 6.92 Å². The number of hydrogen-bond donors (Lipinski definition) is 1. The number of sulfone groups is 1. The first-order valence-electron chi connectivity index (χ1n) is 7.37. The zero-order valence-electron chi connectivity index (χ0n) is 12.7. The van der Waals surface area contributed by atoms with Crippen LogP contribution in [-0.2, 0) is 14.6 Å². The van der Waals surface area contributed by atoms with Crippen LogP contribution in [-0.4, -0.2) is 45.2 Å². The molecule has 0 amide bonds. The summed E-state index contributed by atoms with van der Waals surface area (Å²) in [6.07, 6.45) is 4.99. The average Bonchev–Trinajstić information content (AvgIpc) is 2.33. The second-order valence-corrected chi connectivity index (χ2v) is 8.32. The third kappa shape index (κ3) is 5.79. The lowest BCUT2D eigenvalue weighted by molar-refractivity contribution is 0.100. The third-order valence-corrected chi connectivity index (χ3v) is 5.63. The van der Waals surface area contributed by atoms with E-state index in [1.165, 1.54) is 6.26 Å². The van der Waals surface area contributed by atoms with E-state index in [0.717, 1.165) is 32.3 Å². The van der Waals surface area contributed by atoms with E-state index in [0.29, 0.717) is 24.6 Å². The van der Waals surface area contributed by atoms with E-state index in [9.17, 15) is 8.42 Å². The van der Waals surface area contributed by atoms with Crippen molar-refractivity contribution in [3.05, 3.63) is 0 Å². The van der Waals surface area contributed by atoms with Crippen molar-refractivity contribution in [1.82, 2.24) is 5.32 Å². The molecule has 114 valence electrons. The van der Waals surface area contributed by atoms with E-state index >= 15 is 0 Å². The highest BCUT2D eigenvalue weighted by molar-refractivity contribution is 7.91. The van der Waals surface area contributed by atoms with E-state index in [1.54, 1.807) is 0 Å². The van der Waals surface area contributed by atoms with Crippen LogP contribution in [0.4, 0.5) is 0 Å². The maximum Gasteiger partial charge on any atom is 0.150 e. The molecular formula is C14H29NO3S. The fourth-order valence-electron chi connectivity index (χ4n) is 2.67. The number of nitrogens with one attached hydrogen (secondary N) is 1. The monoisotopic (exact) mass is 291 g/mol. The number of rotatable bonds is 7. The van der Waals surface area contributed by atoms with Crippen LogP contribution < -0.4 is 5.32 Å². The van der Waals surface area contributed by atoms with Gasteiger partial charge in [0.25, 0.3) is 0 Å². The van der Waals surface area contributed by atoms with Crippen molar-refractivity contribution in [2.24, 2.45) is 5.92 Å². The maximum atomic E-state index is 11.7. The number of ether oxygens (including phenoxy) is 1. The van der Waals surface area contributed by atoms with Gasteiger partial charge in [0, 0.05) is 24.9 Å². The highest BCUT2D eigenvalue weighted by Gasteiger charge is 2.30. The van der Waals surface area contributed by atoms with Gasteiger partial charge in [-0.3, -0.25) is 0 Å². The van der Waals surface area contributed by atoms with Crippen molar-refractivity contribution in [2.45, 2.75) is 63.8 Å². The first-order valence-corrected chi connectivity index (χ1v) is 9.32. The van der Waals surface area contributed by atoms with Crippen molar-refractivity contribution in [3.63, 3.8) is 0 Å². The standard InChI is InChI=1S/C14H29NO3S/c1-5-18-10-14(11(2)3)15-12-7-6-8-13(9-12)19(4,16)17/h11-15H,5-10H2,1-4H3. The summed E-state index contributed by atoms with van der Waals surface area (Å²) in [6, 6.07) is 0.615. The topological polar surface area (TPSA) is 55.4 Å². The van der Waals surface area contributed by atoms with Gasteiger partial charge in [0.1, 0.15) is 9.84 Å². The SMILES string of the molecule is CCOCC(NC1CCCC(S(C)(=O)=O)C1)C(C)C. The van der Waals surface area contributed by atoms with E-state index in [2.05, 4.69) is 19.2 Å². The zero-order chi connectivity index (χ0) is 14.5. The van der Waals surface area contributed by atoms with Gasteiger partial charge >= 0.3 is 0 Å². The Kier molecular flexibility index (Phi) is 6.77. The Morgan fingerprint density at radius 2 is 2.00 bits per heavy atom. The zero-order valence-corrected chi connectivity index (χ0v) is 13.5. The highest BCUT2D eigenvalue weighted by atomic mass is 32.2. The average molecular weight is 291 g/mol. The smallest absolute Gasteiger partial charge is 0.150 e. The van der Waals surface area contributed by atoms with Gasteiger partial charge in [0.05, 0.1) is 11.9 Å². The van der Waals surface area contributed by atoms with Crippen molar-refractivity contribution in [3.8, 4) is 0 Å². The normalized spacial score (nSPS) is 26.6. The first kappa shape index (κ1) is 16.9. The molecule has 4 nitrogen and oxygen atoms in total. The summed E-state index contributed by atoms with van der Waals surface area (Å²) in [7, 11) is -2.90. The van der Waals surface area contributed by atoms with Crippen molar-refractivity contribution < 1.29 is 13.2 Å². The second-order valence-electron chi connectivity index (χ2n) is 5.99. The van der Waals surface area contributed by atoms with Gasteiger partial charge in [-0.2, -0.15) is 0 Å². The van der Waals surface area contributed by atoms with E-state index < -0.39 is 9.84 Å². The molecule has 0 spiro atoms. The van der Waals surface area contributed by atoms with Crippen LogP contribution >= 0.6 is 0 Å². The molecule has 0 bridgehead atoms. The summed E-state index contributed by atoms with van der Waals surface area (Å²) in [4.78, 5) is 0. The highest BCUT2D eigenvalue weighted by Crippen LogP contribution is 2.24. The lowest BCUT2D eigenvalue weighted by Gasteiger charge is -2.33. The first-order chi connectivity index (χ1) is 8.84. The van der Waals surface area contributed by atoms with Crippen molar-refractivity contribution in [2.75, 3.05) is 19.5 Å². The maximum absolute atomic E-state index is 11.7. The third-order valence-electron chi connectivity index (χ3n) is 3.99. The number of hydrogen-bond acceptors (Lipinski definition) is 4. The van der Waals surface area contributed by atoms with Crippen LogP contribution in [0, 0.1) is 5.92 Å². The molecule has 1 rings (SSSR count). The predicted molar refractivity (Wildman–Crippen MR) is 79.1 cm³/mol. The fourth-order valence-corrected chi connectivity index (χ4v) is 3.84. The van der Waals surface area contributed by atoms with Crippen molar-refractivity contribution >= 4 is 9.84 Å². The minimum Gasteiger partial charge on any atom is -0.380 e. The Bertz CT molecular complexity index is 354. The van der Waals surface area contributed by atoms with Gasteiger partial charge in [0.2, 0.25) is 0 Å².